The molecule has 0 bridgehead atoms. The van der Waals surface area contributed by atoms with Crippen LogP contribution < -0.4 is 10.6 Å². The van der Waals surface area contributed by atoms with Gasteiger partial charge in [-0.1, -0.05) is 63.9 Å². The number of nitrogens with zero attached hydrogens (tertiary/aromatic N) is 4. The second kappa shape index (κ2) is 20.1. The van der Waals surface area contributed by atoms with E-state index in [0.717, 1.165) is 53.3 Å². The number of carbonyl (C=O) groups excluding carboxylic acids is 4. The minimum atomic E-state index is -0.711. The van der Waals surface area contributed by atoms with Crippen molar-refractivity contribution in [1.82, 2.24) is 40.4 Å². The van der Waals surface area contributed by atoms with Crippen LogP contribution in [0.15, 0.2) is 48.8 Å². The van der Waals surface area contributed by atoms with Gasteiger partial charge in [-0.15, -0.1) is 24.8 Å². The van der Waals surface area contributed by atoms with E-state index in [-0.39, 0.29) is 60.5 Å². The maximum Gasteiger partial charge on any atom is 0.407 e. The van der Waals surface area contributed by atoms with Gasteiger partial charge in [0.25, 0.3) is 0 Å². The fourth-order valence-corrected chi connectivity index (χ4v) is 7.44. The third-order valence-corrected chi connectivity index (χ3v) is 10.3. The zero-order valence-electron chi connectivity index (χ0n) is 33.4. The molecule has 4 atom stereocenters. The molecule has 14 nitrogen and oxygen atoms in total. The molecule has 0 saturated carbocycles. The van der Waals surface area contributed by atoms with E-state index in [1.54, 1.807) is 22.2 Å². The number of ether oxygens (including phenoxy) is 2. The number of H-pyrrole nitrogens is 2. The molecule has 4 heterocycles. The Bertz CT molecular complexity index is 2230. The number of methoxy groups -OCH3 is 2. The average Bonchev–Trinajstić information content (AvgIpc) is 4.04. The Balaban J connectivity index is 0.00000372. The van der Waals surface area contributed by atoms with E-state index >= 15 is 0 Å². The lowest BCUT2D eigenvalue weighted by Gasteiger charge is -2.30. The molecule has 0 unspecified atom stereocenters. The molecule has 2 saturated heterocycles. The van der Waals surface area contributed by atoms with Crippen LogP contribution in [0.2, 0.25) is 0 Å². The van der Waals surface area contributed by atoms with Crippen LogP contribution in [0, 0.1) is 35.5 Å². The van der Waals surface area contributed by atoms with Gasteiger partial charge in [0.05, 0.1) is 44.4 Å². The van der Waals surface area contributed by atoms with E-state index in [1.807, 2.05) is 64.1 Å². The van der Waals surface area contributed by atoms with Gasteiger partial charge in [0.1, 0.15) is 29.4 Å². The average molecular weight is 834 g/mol. The van der Waals surface area contributed by atoms with Crippen molar-refractivity contribution in [1.29, 1.82) is 0 Å². The Morgan fingerprint density at radius 3 is 1.79 bits per heavy atom. The topological polar surface area (TPSA) is 175 Å². The molecule has 4 amide bonds. The molecule has 6 rings (SSSR count). The summed E-state index contributed by atoms with van der Waals surface area (Å²) in [5, 5.41) is 7.30. The van der Waals surface area contributed by atoms with Gasteiger partial charge in [0.2, 0.25) is 11.8 Å². The first-order valence-electron chi connectivity index (χ1n) is 18.9. The predicted octanol–water partition coefficient (Wildman–Crippen LogP) is 6.29. The molecule has 2 aromatic carbocycles. The molecule has 2 aliphatic rings. The van der Waals surface area contributed by atoms with Crippen LogP contribution >= 0.6 is 24.8 Å². The van der Waals surface area contributed by atoms with Crippen molar-refractivity contribution in [3.63, 3.8) is 0 Å². The van der Waals surface area contributed by atoms with Crippen LogP contribution in [0.1, 0.15) is 88.4 Å². The fourth-order valence-electron chi connectivity index (χ4n) is 7.44. The molecule has 4 aromatic rings. The van der Waals surface area contributed by atoms with Crippen molar-refractivity contribution >= 4 is 59.6 Å². The Morgan fingerprint density at radius 1 is 0.724 bits per heavy atom. The minimum Gasteiger partial charge on any atom is -0.453 e. The van der Waals surface area contributed by atoms with E-state index in [9.17, 15) is 19.2 Å². The number of likely N-dealkylation sites (tertiary alicyclic amines) is 2. The summed E-state index contributed by atoms with van der Waals surface area (Å²) in [5.74, 6) is 12.9. The number of aromatic amines is 2. The lowest BCUT2D eigenvalue weighted by atomic mass is 9.98. The number of amides is 4. The molecule has 4 N–H and O–H groups in total. The maximum absolute atomic E-state index is 13.6. The van der Waals surface area contributed by atoms with Crippen LogP contribution in [-0.2, 0) is 19.1 Å². The molecule has 2 aromatic heterocycles. The van der Waals surface area contributed by atoms with Crippen LogP contribution in [0.5, 0.6) is 0 Å². The Hall–Kier alpha value is -5.70. The minimum absolute atomic E-state index is 0. The first-order valence-corrected chi connectivity index (χ1v) is 18.9. The second-order valence-electron chi connectivity index (χ2n) is 14.7. The third-order valence-electron chi connectivity index (χ3n) is 10.3. The van der Waals surface area contributed by atoms with Gasteiger partial charge >= 0.3 is 12.2 Å². The summed E-state index contributed by atoms with van der Waals surface area (Å²) in [6.45, 7) is 8.68. The lowest BCUT2D eigenvalue weighted by molar-refractivity contribution is -0.136. The van der Waals surface area contributed by atoms with Gasteiger partial charge in [0.15, 0.2) is 0 Å². The number of imidazole rings is 2. The molecular formula is C42H50Cl2N8O6. The number of hydrogen-bond donors (Lipinski definition) is 4. The highest BCUT2D eigenvalue weighted by Crippen LogP contribution is 2.35. The van der Waals surface area contributed by atoms with Gasteiger partial charge in [-0.3, -0.25) is 9.59 Å². The summed E-state index contributed by atoms with van der Waals surface area (Å²) < 4.78 is 9.50. The lowest BCUT2D eigenvalue weighted by Crippen LogP contribution is -2.51. The number of nitrogens with one attached hydrogen (secondary N) is 4. The highest BCUT2D eigenvalue weighted by atomic mass is 35.5. The monoisotopic (exact) mass is 832 g/mol. The standard InChI is InChI=1S/C42H48N8O6.2ClH/c1-25(2)35(47-41(53)55-5)39(51)49-21-11-17-33(49)37-43-23-28(45-37)14-8-7-13-27-19-20-31(30-16-10-9-15-29(27)30)32-24-44-38(46-32)34-18-12-22-50(34)40(52)36(26(3)4)48-42(54)56-6;;/h9-10,15-16,19-20,23-26,33-36H,11-12,17-18,21-22H2,1-6H3,(H,43,45)(H,44,46)(H,47,53)(H,48,54);2*1H/t33-,34-,35-,36-;;/m0../s1. The summed E-state index contributed by atoms with van der Waals surface area (Å²) in [7, 11) is 2.56. The SMILES string of the molecule is COC(=O)N[C@H](C(=O)N1CCC[C@H]1c1ncc(C#CC#Cc2ccc(-c3cnc([C@@H]4CCCN4C(=O)[C@@H](NC(=O)OC)C(C)C)[nH]3)c3ccccc23)[nH]1)C(C)C.Cl.Cl. The van der Waals surface area contributed by atoms with E-state index in [1.165, 1.54) is 14.2 Å². The van der Waals surface area contributed by atoms with E-state index in [2.05, 4.69) is 49.3 Å². The molecule has 0 spiro atoms. The van der Waals surface area contributed by atoms with Crippen molar-refractivity contribution in [3.05, 3.63) is 71.7 Å². The summed E-state index contributed by atoms with van der Waals surface area (Å²) >= 11 is 0. The van der Waals surface area contributed by atoms with Crippen LogP contribution in [0.25, 0.3) is 22.0 Å². The fraction of sp³-hybridized carbons (Fsp3) is 0.429. The Morgan fingerprint density at radius 2 is 1.24 bits per heavy atom. The highest BCUT2D eigenvalue weighted by molar-refractivity contribution is 5.99. The summed E-state index contributed by atoms with van der Waals surface area (Å²) in [4.78, 5) is 70.5. The van der Waals surface area contributed by atoms with Gasteiger partial charge in [-0.25, -0.2) is 19.6 Å². The number of benzene rings is 2. The summed E-state index contributed by atoms with van der Waals surface area (Å²) in [5.41, 5.74) is 3.16. The zero-order chi connectivity index (χ0) is 39.9. The predicted molar refractivity (Wildman–Crippen MR) is 224 cm³/mol. The Kier molecular flexibility index (Phi) is 15.6. The first-order chi connectivity index (χ1) is 27.0. The zero-order valence-corrected chi connectivity index (χ0v) is 35.0. The van der Waals surface area contributed by atoms with E-state index < -0.39 is 24.3 Å². The Labute approximate surface area is 350 Å². The molecule has 2 fully saturated rings. The van der Waals surface area contributed by atoms with Crippen molar-refractivity contribution in [2.75, 3.05) is 27.3 Å². The van der Waals surface area contributed by atoms with Gasteiger partial charge in [-0.2, -0.15) is 0 Å². The quantitative estimate of drug-likeness (QED) is 0.143. The maximum atomic E-state index is 13.6. The number of hydrogen-bond acceptors (Lipinski definition) is 8. The van der Waals surface area contributed by atoms with Crippen molar-refractivity contribution < 1.29 is 28.7 Å². The van der Waals surface area contributed by atoms with E-state index in [0.29, 0.717) is 30.4 Å². The van der Waals surface area contributed by atoms with Gasteiger partial charge < -0.3 is 39.9 Å². The summed E-state index contributed by atoms with van der Waals surface area (Å²) in [6.07, 6.45) is 5.30. The molecule has 58 heavy (non-hydrogen) atoms. The molecule has 0 aliphatic carbocycles. The number of rotatable bonds is 9. The number of halogens is 2. The first kappa shape index (κ1) is 45.0. The molecule has 308 valence electrons. The van der Waals surface area contributed by atoms with Gasteiger partial charge in [0, 0.05) is 24.2 Å². The van der Waals surface area contributed by atoms with Crippen LogP contribution in [0.3, 0.4) is 0 Å². The smallest absolute Gasteiger partial charge is 0.407 e. The second-order valence-corrected chi connectivity index (χ2v) is 14.7. The number of alkyl carbamates (subject to hydrolysis) is 2. The molecular weight excluding hydrogens is 783 g/mol. The molecule has 2 aliphatic heterocycles. The van der Waals surface area contributed by atoms with Crippen molar-refractivity contribution in [3.8, 4) is 34.9 Å². The molecule has 0 radical (unpaired) electrons. The third kappa shape index (κ3) is 9.87. The summed E-state index contributed by atoms with van der Waals surface area (Å²) in [6, 6.07) is 10.0. The molecule has 16 heteroatoms. The highest BCUT2D eigenvalue weighted by Gasteiger charge is 2.39. The van der Waals surface area contributed by atoms with Crippen LogP contribution in [-0.4, -0.2) is 93.1 Å². The normalized spacial score (nSPS) is 16.9. The van der Waals surface area contributed by atoms with Crippen molar-refractivity contribution in [2.24, 2.45) is 11.8 Å². The number of fused-ring (bicyclic) bond motifs is 1. The number of carbonyl (C=O) groups is 4. The largest absolute Gasteiger partial charge is 0.453 e. The van der Waals surface area contributed by atoms with Crippen molar-refractivity contribution in [2.45, 2.75) is 77.5 Å². The van der Waals surface area contributed by atoms with Gasteiger partial charge in [-0.05, 0) is 72.1 Å². The number of aromatic nitrogens is 4. The van der Waals surface area contributed by atoms with E-state index in [4.69, 9.17) is 14.5 Å². The van der Waals surface area contributed by atoms with Crippen LogP contribution in [0.4, 0.5) is 9.59 Å².